The third kappa shape index (κ3) is 3.37. The number of para-hydroxylation sites is 1. The maximum absolute atomic E-state index is 10.7. The van der Waals surface area contributed by atoms with E-state index in [0.29, 0.717) is 23.7 Å². The third-order valence-electron chi connectivity index (χ3n) is 3.96. The number of carboxylic acid groups (broad SMARTS) is 1. The second-order valence-corrected chi connectivity index (χ2v) is 5.67. The first-order valence-electron chi connectivity index (χ1n) is 7.68. The predicted molar refractivity (Wildman–Crippen MR) is 87.6 cm³/mol. The van der Waals surface area contributed by atoms with Crippen LogP contribution in [0.1, 0.15) is 18.9 Å². The van der Waals surface area contributed by atoms with Crippen LogP contribution in [0.4, 0.5) is 4.79 Å². The van der Waals surface area contributed by atoms with Gasteiger partial charge < -0.3 is 24.6 Å². The van der Waals surface area contributed by atoms with Crippen LogP contribution >= 0.6 is 0 Å². The lowest BCUT2D eigenvalue weighted by Crippen LogP contribution is -2.35. The Bertz CT molecular complexity index is 719. The Morgan fingerprint density at radius 2 is 2.00 bits per heavy atom. The van der Waals surface area contributed by atoms with Crippen LogP contribution in [-0.2, 0) is 5.60 Å². The molecule has 0 saturated carbocycles. The van der Waals surface area contributed by atoms with E-state index in [1.54, 1.807) is 0 Å². The van der Waals surface area contributed by atoms with Crippen molar-refractivity contribution in [1.82, 2.24) is 5.32 Å². The number of benzene rings is 2. The standard InChI is InChI=1S/C18H19NO5/c1-18(10-11-19-17(20)21,13-6-3-2-4-7-13)24-15-9-5-8-14-16(15)23-12-22-14/h2-9,19H,10-12H2,1H3,(H,20,21)/t18-/m1/s1. The average molecular weight is 329 g/mol. The van der Waals surface area contributed by atoms with Gasteiger partial charge in [0.15, 0.2) is 11.5 Å². The Labute approximate surface area is 140 Å². The molecule has 2 aromatic rings. The Kier molecular flexibility index (Phi) is 4.46. The van der Waals surface area contributed by atoms with Gasteiger partial charge in [-0.1, -0.05) is 36.4 Å². The zero-order valence-electron chi connectivity index (χ0n) is 13.3. The Morgan fingerprint density at radius 1 is 1.21 bits per heavy atom. The fourth-order valence-corrected chi connectivity index (χ4v) is 2.68. The van der Waals surface area contributed by atoms with E-state index in [9.17, 15) is 4.79 Å². The van der Waals surface area contributed by atoms with Gasteiger partial charge in [-0.15, -0.1) is 0 Å². The Morgan fingerprint density at radius 3 is 2.75 bits per heavy atom. The van der Waals surface area contributed by atoms with Crippen molar-refractivity contribution in [2.45, 2.75) is 18.9 Å². The molecule has 6 nitrogen and oxygen atoms in total. The number of rotatable bonds is 6. The van der Waals surface area contributed by atoms with E-state index < -0.39 is 11.7 Å². The minimum atomic E-state index is -1.05. The normalized spacial score (nSPS) is 14.7. The molecule has 6 heteroatoms. The van der Waals surface area contributed by atoms with Crippen LogP contribution in [0.5, 0.6) is 17.2 Å². The predicted octanol–water partition coefficient (Wildman–Crippen LogP) is 3.37. The summed E-state index contributed by atoms with van der Waals surface area (Å²) >= 11 is 0. The maximum Gasteiger partial charge on any atom is 0.404 e. The molecule has 0 unspecified atom stereocenters. The third-order valence-corrected chi connectivity index (χ3v) is 3.96. The van der Waals surface area contributed by atoms with Crippen LogP contribution in [0.15, 0.2) is 48.5 Å². The van der Waals surface area contributed by atoms with Gasteiger partial charge in [0, 0.05) is 13.0 Å². The lowest BCUT2D eigenvalue weighted by Gasteiger charge is -2.31. The van der Waals surface area contributed by atoms with Crippen molar-refractivity contribution < 1.29 is 24.1 Å². The molecule has 0 saturated heterocycles. The molecule has 0 fully saturated rings. The molecule has 2 N–H and O–H groups in total. The van der Waals surface area contributed by atoms with E-state index in [-0.39, 0.29) is 13.3 Å². The molecule has 24 heavy (non-hydrogen) atoms. The summed E-state index contributed by atoms with van der Waals surface area (Å²) in [5, 5.41) is 11.2. The molecule has 1 heterocycles. The SMILES string of the molecule is C[C@](CCNC(=O)O)(Oc1cccc2c1OCO2)c1ccccc1. The van der Waals surface area contributed by atoms with Gasteiger partial charge in [0.05, 0.1) is 0 Å². The zero-order chi connectivity index (χ0) is 17.0. The number of fused-ring (bicyclic) bond motifs is 1. The molecule has 0 bridgehead atoms. The first-order valence-corrected chi connectivity index (χ1v) is 7.68. The summed E-state index contributed by atoms with van der Waals surface area (Å²) < 4.78 is 17.2. The van der Waals surface area contributed by atoms with Gasteiger partial charge in [-0.3, -0.25) is 0 Å². The van der Waals surface area contributed by atoms with Gasteiger partial charge in [0.25, 0.3) is 0 Å². The lowest BCUT2D eigenvalue weighted by molar-refractivity contribution is 0.0717. The lowest BCUT2D eigenvalue weighted by atomic mass is 9.92. The Hall–Kier alpha value is -2.89. The number of hydrogen-bond acceptors (Lipinski definition) is 4. The fraction of sp³-hybridized carbons (Fsp3) is 0.278. The minimum Gasteiger partial charge on any atom is -0.479 e. The number of hydrogen-bond donors (Lipinski definition) is 2. The van der Waals surface area contributed by atoms with Gasteiger partial charge >= 0.3 is 6.09 Å². The fourth-order valence-electron chi connectivity index (χ4n) is 2.68. The van der Waals surface area contributed by atoms with E-state index in [4.69, 9.17) is 19.3 Å². The van der Waals surface area contributed by atoms with Crippen molar-refractivity contribution in [2.24, 2.45) is 0 Å². The second-order valence-electron chi connectivity index (χ2n) is 5.67. The number of carbonyl (C=O) groups is 1. The number of ether oxygens (including phenoxy) is 3. The quantitative estimate of drug-likeness (QED) is 0.850. The van der Waals surface area contributed by atoms with E-state index in [1.165, 1.54) is 0 Å². The molecular formula is C18H19NO5. The zero-order valence-corrected chi connectivity index (χ0v) is 13.3. The number of nitrogens with one attached hydrogen (secondary N) is 1. The highest BCUT2D eigenvalue weighted by atomic mass is 16.7. The molecule has 0 radical (unpaired) electrons. The van der Waals surface area contributed by atoms with Gasteiger partial charge in [0.1, 0.15) is 5.60 Å². The summed E-state index contributed by atoms with van der Waals surface area (Å²) in [5.41, 5.74) is 0.235. The van der Waals surface area contributed by atoms with Crippen molar-refractivity contribution in [3.05, 3.63) is 54.1 Å². The first kappa shape index (κ1) is 16.0. The monoisotopic (exact) mass is 329 g/mol. The molecule has 1 aliphatic rings. The van der Waals surface area contributed by atoms with Crippen LogP contribution in [0, 0.1) is 0 Å². The molecule has 2 aromatic carbocycles. The molecule has 0 aromatic heterocycles. The highest BCUT2D eigenvalue weighted by molar-refractivity contribution is 5.64. The van der Waals surface area contributed by atoms with Crippen LogP contribution < -0.4 is 19.5 Å². The maximum atomic E-state index is 10.7. The van der Waals surface area contributed by atoms with Crippen molar-refractivity contribution >= 4 is 6.09 Å². The smallest absolute Gasteiger partial charge is 0.404 e. The van der Waals surface area contributed by atoms with Crippen LogP contribution in [0.25, 0.3) is 0 Å². The van der Waals surface area contributed by atoms with Gasteiger partial charge in [0.2, 0.25) is 12.5 Å². The highest BCUT2D eigenvalue weighted by Gasteiger charge is 2.31. The second kappa shape index (κ2) is 6.70. The van der Waals surface area contributed by atoms with Gasteiger partial charge in [-0.05, 0) is 24.6 Å². The van der Waals surface area contributed by atoms with Crippen LogP contribution in [-0.4, -0.2) is 24.5 Å². The summed E-state index contributed by atoms with van der Waals surface area (Å²) in [6.45, 7) is 2.37. The summed E-state index contributed by atoms with van der Waals surface area (Å²) in [6.07, 6.45) is -0.587. The van der Waals surface area contributed by atoms with Crippen LogP contribution in [0.2, 0.25) is 0 Å². The molecule has 1 amide bonds. The molecule has 126 valence electrons. The topological polar surface area (TPSA) is 77.0 Å². The number of amides is 1. The van der Waals surface area contributed by atoms with E-state index in [1.807, 2.05) is 55.5 Å². The Balaban J connectivity index is 1.88. The molecule has 0 aliphatic carbocycles. The molecular weight excluding hydrogens is 310 g/mol. The van der Waals surface area contributed by atoms with Crippen LogP contribution in [0.3, 0.4) is 0 Å². The van der Waals surface area contributed by atoms with Gasteiger partial charge in [-0.2, -0.15) is 0 Å². The summed E-state index contributed by atoms with van der Waals surface area (Å²) in [7, 11) is 0. The molecule has 1 atom stereocenters. The van der Waals surface area contributed by atoms with E-state index >= 15 is 0 Å². The summed E-state index contributed by atoms with van der Waals surface area (Å²) in [5.74, 6) is 1.80. The first-order chi connectivity index (χ1) is 11.6. The van der Waals surface area contributed by atoms with Crippen molar-refractivity contribution in [1.29, 1.82) is 0 Å². The largest absolute Gasteiger partial charge is 0.479 e. The van der Waals surface area contributed by atoms with Crippen molar-refractivity contribution in [3.63, 3.8) is 0 Å². The molecule has 3 rings (SSSR count). The van der Waals surface area contributed by atoms with Crippen molar-refractivity contribution in [3.8, 4) is 17.2 Å². The average Bonchev–Trinajstić information content (AvgIpc) is 3.05. The van der Waals surface area contributed by atoms with E-state index in [2.05, 4.69) is 5.32 Å². The minimum absolute atomic E-state index is 0.165. The van der Waals surface area contributed by atoms with E-state index in [0.717, 1.165) is 5.56 Å². The van der Waals surface area contributed by atoms with Crippen molar-refractivity contribution in [2.75, 3.05) is 13.3 Å². The molecule has 1 aliphatic heterocycles. The highest BCUT2D eigenvalue weighted by Crippen LogP contribution is 2.43. The van der Waals surface area contributed by atoms with Gasteiger partial charge in [-0.25, -0.2) is 4.79 Å². The molecule has 0 spiro atoms. The summed E-state index contributed by atoms with van der Waals surface area (Å²) in [4.78, 5) is 10.7. The summed E-state index contributed by atoms with van der Waals surface area (Å²) in [6, 6.07) is 15.2.